The Labute approximate surface area is 270 Å². The molecule has 3 aromatic carbocycles. The fourth-order valence-electron chi connectivity index (χ4n) is 5.33. The van der Waals surface area contributed by atoms with Crippen LogP contribution in [0.2, 0.25) is 0 Å². The molecule has 248 valence electrons. The van der Waals surface area contributed by atoms with Gasteiger partial charge in [-0.3, -0.25) is 0 Å². The van der Waals surface area contributed by atoms with Crippen LogP contribution in [0.3, 0.4) is 0 Å². The summed E-state index contributed by atoms with van der Waals surface area (Å²) in [7, 11) is 1.27. The van der Waals surface area contributed by atoms with E-state index < -0.39 is 28.9 Å². The number of ether oxygens (including phenoxy) is 2. The van der Waals surface area contributed by atoms with Crippen molar-refractivity contribution in [1.29, 1.82) is 5.26 Å². The lowest BCUT2D eigenvalue weighted by Gasteiger charge is -2.39. The van der Waals surface area contributed by atoms with E-state index in [2.05, 4.69) is 26.3 Å². The van der Waals surface area contributed by atoms with Crippen molar-refractivity contribution >= 4 is 11.4 Å². The number of methoxy groups -OCH3 is 1. The van der Waals surface area contributed by atoms with Crippen LogP contribution in [0.15, 0.2) is 105 Å². The quantitative estimate of drug-likeness (QED) is 0.121. The maximum absolute atomic E-state index is 15.4. The van der Waals surface area contributed by atoms with Crippen molar-refractivity contribution in [2.45, 2.75) is 24.7 Å². The van der Waals surface area contributed by atoms with Gasteiger partial charge >= 0.3 is 12.4 Å². The largest absolute Gasteiger partial charge is 0.495 e. The molecule has 0 aliphatic carbocycles. The Bertz CT molecular complexity index is 1620. The maximum atomic E-state index is 15.4. The minimum Gasteiger partial charge on any atom is -0.495 e. The highest BCUT2D eigenvalue weighted by atomic mass is 19.4. The summed E-state index contributed by atoms with van der Waals surface area (Å²) in [5.74, 6) is 0.0759. The number of hydrogen-bond acceptors (Lipinski definition) is 5. The lowest BCUT2D eigenvalue weighted by molar-refractivity contribution is -0.288. The van der Waals surface area contributed by atoms with Crippen LogP contribution < -0.4 is 19.3 Å². The van der Waals surface area contributed by atoms with Crippen LogP contribution in [0.1, 0.15) is 22.3 Å². The first kappa shape index (κ1) is 36.4. The van der Waals surface area contributed by atoms with E-state index >= 15 is 26.3 Å². The number of aryl methyl sites for hydroxylation is 1. The molecule has 0 fully saturated rings. The summed E-state index contributed by atoms with van der Waals surface area (Å²) >= 11 is 0. The second-order valence-electron chi connectivity index (χ2n) is 10.5. The van der Waals surface area contributed by atoms with Crippen molar-refractivity contribution in [1.82, 2.24) is 0 Å². The van der Waals surface area contributed by atoms with Gasteiger partial charge in [-0.05, 0) is 60.0 Å². The summed E-state index contributed by atoms with van der Waals surface area (Å²) in [6.45, 7) is 16.6. The van der Waals surface area contributed by atoms with Crippen LogP contribution in [-0.4, -0.2) is 45.6 Å². The molecule has 11 heteroatoms. The van der Waals surface area contributed by atoms with Gasteiger partial charge < -0.3 is 19.3 Å². The number of nitriles is 1. The molecular weight excluding hydrogens is 620 g/mol. The Hall–Kier alpha value is -5.11. The fourth-order valence-corrected chi connectivity index (χ4v) is 5.33. The normalized spacial score (nSPS) is 11.6. The van der Waals surface area contributed by atoms with E-state index in [0.29, 0.717) is 0 Å². The molecule has 0 unspecified atom stereocenters. The van der Waals surface area contributed by atoms with Crippen molar-refractivity contribution in [2.75, 3.05) is 43.1 Å². The average molecular weight is 656 g/mol. The van der Waals surface area contributed by atoms with Crippen LogP contribution >= 0.6 is 0 Å². The zero-order chi connectivity index (χ0) is 35.0. The third-order valence-electron chi connectivity index (χ3n) is 7.41. The molecule has 3 rings (SSSR count). The molecule has 0 amide bonds. The monoisotopic (exact) mass is 655 g/mol. The fraction of sp³-hybridized carbons (Fsp3) is 0.250. The summed E-state index contributed by atoms with van der Waals surface area (Å²) in [6.07, 6.45) is -5.94. The number of benzene rings is 3. The number of anilines is 2. The maximum Gasteiger partial charge on any atom is 0.411 e. The predicted molar refractivity (Wildman–Crippen MR) is 174 cm³/mol. The number of halogens is 6. The van der Waals surface area contributed by atoms with Gasteiger partial charge in [-0.15, -0.1) is 26.3 Å². The summed E-state index contributed by atoms with van der Waals surface area (Å²) in [5, 5.41) is 9.62. The standard InChI is InChI=1S/C36H35F6N3O2/c1-7-17-44(18-8-2)29-22-27(13-15-31(29)46-6)34(35(37,38)39,36(40,41)42)28-14-16-32(30(23-28)45(19-9-3)20-10-4)47-33-21-25(5)11-12-26(33)24-43/h7-16,21-23H,1-4,17-20H2,5-6H3. The van der Waals surface area contributed by atoms with Crippen molar-refractivity contribution in [3.63, 3.8) is 0 Å². The highest BCUT2D eigenvalue weighted by Gasteiger charge is 2.72. The molecule has 0 aliphatic heterocycles. The number of nitrogens with zero attached hydrogens (tertiary/aromatic N) is 3. The average Bonchev–Trinajstić information content (AvgIpc) is 3.00. The van der Waals surface area contributed by atoms with Gasteiger partial charge in [0.25, 0.3) is 0 Å². The Morgan fingerprint density at radius 2 is 1.13 bits per heavy atom. The van der Waals surface area contributed by atoms with Crippen LogP contribution in [0.4, 0.5) is 37.7 Å². The minimum absolute atomic E-state index is 0.00808. The molecule has 0 bridgehead atoms. The third-order valence-corrected chi connectivity index (χ3v) is 7.41. The van der Waals surface area contributed by atoms with Gasteiger partial charge in [-0.1, -0.05) is 42.5 Å². The Morgan fingerprint density at radius 3 is 1.53 bits per heavy atom. The summed E-state index contributed by atoms with van der Waals surface area (Å²) in [6, 6.07) is 12.0. The molecule has 0 radical (unpaired) electrons. The number of alkyl halides is 6. The minimum atomic E-state index is -5.87. The topological polar surface area (TPSA) is 48.7 Å². The number of rotatable bonds is 15. The van der Waals surface area contributed by atoms with Gasteiger partial charge in [0.2, 0.25) is 5.41 Å². The summed E-state index contributed by atoms with van der Waals surface area (Å²) in [4.78, 5) is 2.96. The van der Waals surface area contributed by atoms with E-state index in [1.165, 1.54) is 47.3 Å². The molecule has 0 atom stereocenters. The van der Waals surface area contributed by atoms with Crippen LogP contribution in [0.5, 0.6) is 17.2 Å². The first-order chi connectivity index (χ1) is 22.2. The molecule has 3 aromatic rings. The highest BCUT2D eigenvalue weighted by molar-refractivity contribution is 5.67. The lowest BCUT2D eigenvalue weighted by atomic mass is 9.72. The van der Waals surface area contributed by atoms with E-state index in [-0.39, 0.29) is 60.4 Å². The van der Waals surface area contributed by atoms with E-state index in [1.54, 1.807) is 19.1 Å². The molecule has 5 nitrogen and oxygen atoms in total. The lowest BCUT2D eigenvalue weighted by Crippen LogP contribution is -2.55. The zero-order valence-electron chi connectivity index (χ0n) is 26.1. The van der Waals surface area contributed by atoms with E-state index in [9.17, 15) is 5.26 Å². The second kappa shape index (κ2) is 15.0. The summed E-state index contributed by atoms with van der Waals surface area (Å²) in [5.41, 5.74) is -5.92. The first-order valence-corrected chi connectivity index (χ1v) is 14.3. The molecule has 0 aromatic heterocycles. The Kier molecular flexibility index (Phi) is 11.6. The molecule has 0 aliphatic rings. The van der Waals surface area contributed by atoms with Gasteiger partial charge in [0.05, 0.1) is 24.0 Å². The van der Waals surface area contributed by atoms with E-state index in [0.717, 1.165) is 42.0 Å². The van der Waals surface area contributed by atoms with Crippen molar-refractivity contribution in [2.24, 2.45) is 0 Å². The summed E-state index contributed by atoms with van der Waals surface area (Å²) < 4.78 is 104. The van der Waals surface area contributed by atoms with E-state index in [1.807, 2.05) is 6.07 Å². The van der Waals surface area contributed by atoms with Crippen molar-refractivity contribution in [3.05, 3.63) is 127 Å². The predicted octanol–water partition coefficient (Wildman–Crippen LogP) is 9.44. The zero-order valence-corrected chi connectivity index (χ0v) is 26.1. The van der Waals surface area contributed by atoms with Crippen molar-refractivity contribution < 1.29 is 35.8 Å². The molecular formula is C36H35F6N3O2. The second-order valence-corrected chi connectivity index (χ2v) is 10.5. The Morgan fingerprint density at radius 1 is 0.681 bits per heavy atom. The molecule has 0 saturated carbocycles. The van der Waals surface area contributed by atoms with Gasteiger partial charge in [-0.25, -0.2) is 0 Å². The highest BCUT2D eigenvalue weighted by Crippen LogP contribution is 2.58. The molecule has 47 heavy (non-hydrogen) atoms. The van der Waals surface area contributed by atoms with Gasteiger partial charge in [0, 0.05) is 26.2 Å². The third kappa shape index (κ3) is 7.32. The first-order valence-electron chi connectivity index (χ1n) is 14.3. The SMILES string of the molecule is C=CCN(CC=C)c1cc(C(c2ccc(Oc3cc(C)ccc3C#N)c(N(CC=C)CC=C)c2)(C(F)(F)F)C(F)(F)F)ccc1OC. The molecule has 0 heterocycles. The van der Waals surface area contributed by atoms with Crippen LogP contribution in [-0.2, 0) is 5.41 Å². The molecule has 0 saturated heterocycles. The molecule has 0 N–H and O–H groups in total. The Balaban J connectivity index is 2.46. The van der Waals surface area contributed by atoms with Gasteiger partial charge in [-0.2, -0.15) is 31.6 Å². The van der Waals surface area contributed by atoms with Crippen LogP contribution in [0, 0.1) is 18.3 Å². The number of hydrogen-bond donors (Lipinski definition) is 0. The van der Waals surface area contributed by atoms with Crippen LogP contribution in [0.25, 0.3) is 0 Å². The van der Waals surface area contributed by atoms with Gasteiger partial charge in [0.1, 0.15) is 17.6 Å². The van der Waals surface area contributed by atoms with Gasteiger partial charge in [0.15, 0.2) is 5.75 Å². The molecule has 0 spiro atoms. The van der Waals surface area contributed by atoms with Crippen molar-refractivity contribution in [3.8, 4) is 23.3 Å². The van der Waals surface area contributed by atoms with E-state index in [4.69, 9.17) is 9.47 Å². The smallest absolute Gasteiger partial charge is 0.411 e.